The maximum atomic E-state index is 10.9. The molecule has 0 fully saturated rings. The summed E-state index contributed by atoms with van der Waals surface area (Å²) in [7, 11) is 0. The third-order valence-electron chi connectivity index (χ3n) is 1.92. The molecule has 0 saturated heterocycles. The Morgan fingerprint density at radius 3 is 2.71 bits per heavy atom. The maximum absolute atomic E-state index is 10.9. The zero-order valence-corrected chi connectivity index (χ0v) is 10.0. The fourth-order valence-corrected chi connectivity index (χ4v) is 1.31. The smallest absolute Gasteiger partial charge is 0.872 e. The van der Waals surface area contributed by atoms with Crippen LogP contribution in [0.2, 0.25) is 0 Å². The van der Waals surface area contributed by atoms with Crippen LogP contribution in [-0.2, 0) is 0 Å². The molecule has 0 aliphatic carbocycles. The van der Waals surface area contributed by atoms with Crippen molar-refractivity contribution >= 4 is 11.0 Å². The van der Waals surface area contributed by atoms with Crippen LogP contribution < -0.4 is 40.3 Å². The molecule has 0 aliphatic heterocycles. The van der Waals surface area contributed by atoms with Gasteiger partial charge in [0.1, 0.15) is 5.58 Å². The van der Waals surface area contributed by atoms with Gasteiger partial charge in [-0.3, -0.25) is 0 Å². The first-order valence-corrected chi connectivity index (χ1v) is 3.88. The molecule has 1 aromatic heterocycles. The molecule has 1 heterocycles. The van der Waals surface area contributed by atoms with Gasteiger partial charge in [0, 0.05) is 11.5 Å². The summed E-state index contributed by atoms with van der Waals surface area (Å²) in [6.45, 7) is 1.81. The Labute approximate surface area is 103 Å². The Morgan fingerprint density at radius 1 is 1.29 bits per heavy atom. The van der Waals surface area contributed by atoms with Crippen LogP contribution in [0.1, 0.15) is 5.56 Å². The second-order valence-corrected chi connectivity index (χ2v) is 2.91. The van der Waals surface area contributed by atoms with Gasteiger partial charge in [-0.15, -0.1) is 5.75 Å². The first-order valence-electron chi connectivity index (χ1n) is 3.88. The number of benzene rings is 1. The van der Waals surface area contributed by atoms with Crippen molar-refractivity contribution in [3.63, 3.8) is 0 Å². The maximum Gasteiger partial charge on any atom is 1.00 e. The van der Waals surface area contributed by atoms with E-state index >= 15 is 0 Å². The molecule has 66 valence electrons. The van der Waals surface area contributed by atoms with E-state index in [2.05, 4.69) is 0 Å². The van der Waals surface area contributed by atoms with Crippen LogP contribution in [-0.4, -0.2) is 0 Å². The second-order valence-electron chi connectivity index (χ2n) is 2.91. The standard InChI is InChI=1S/C10H8O3.Na/c1-6-4-10(12)13-9-5-7(11)2-3-8(6)9;/h2-5,11H,1H3;/q;+1/p-1. The molecule has 0 atom stereocenters. The van der Waals surface area contributed by atoms with Crippen molar-refractivity contribution in [2.45, 2.75) is 6.92 Å². The first-order chi connectivity index (χ1) is 6.16. The van der Waals surface area contributed by atoms with Crippen molar-refractivity contribution in [3.05, 3.63) is 40.2 Å². The van der Waals surface area contributed by atoms with Crippen LogP contribution in [0.4, 0.5) is 0 Å². The number of hydrogen-bond donors (Lipinski definition) is 0. The largest absolute Gasteiger partial charge is 1.00 e. The third-order valence-corrected chi connectivity index (χ3v) is 1.92. The van der Waals surface area contributed by atoms with E-state index in [9.17, 15) is 9.90 Å². The summed E-state index contributed by atoms with van der Waals surface area (Å²) in [5, 5.41) is 11.7. The summed E-state index contributed by atoms with van der Waals surface area (Å²) < 4.78 is 4.87. The number of fused-ring (bicyclic) bond motifs is 1. The summed E-state index contributed by atoms with van der Waals surface area (Å²) in [5.41, 5.74) is 0.763. The zero-order valence-electron chi connectivity index (χ0n) is 8.03. The molecule has 14 heavy (non-hydrogen) atoms. The van der Waals surface area contributed by atoms with E-state index < -0.39 is 5.63 Å². The van der Waals surface area contributed by atoms with Crippen LogP contribution in [0.25, 0.3) is 11.0 Å². The summed E-state index contributed by atoms with van der Waals surface area (Å²) >= 11 is 0. The van der Waals surface area contributed by atoms with Gasteiger partial charge in [-0.2, -0.15) is 0 Å². The molecule has 1 aromatic carbocycles. The summed E-state index contributed by atoms with van der Waals surface area (Å²) in [6, 6.07) is 5.85. The van der Waals surface area contributed by atoms with Crippen molar-refractivity contribution in [3.8, 4) is 5.75 Å². The minimum atomic E-state index is -0.421. The van der Waals surface area contributed by atoms with Gasteiger partial charge in [-0.05, 0) is 18.6 Å². The zero-order chi connectivity index (χ0) is 9.42. The molecule has 0 radical (unpaired) electrons. The fourth-order valence-electron chi connectivity index (χ4n) is 1.31. The number of rotatable bonds is 0. The Kier molecular flexibility index (Phi) is 3.37. The van der Waals surface area contributed by atoms with E-state index in [1.807, 2.05) is 6.92 Å². The van der Waals surface area contributed by atoms with Crippen molar-refractivity contribution in [1.82, 2.24) is 0 Å². The van der Waals surface area contributed by atoms with Gasteiger partial charge < -0.3 is 9.52 Å². The molecule has 0 saturated carbocycles. The molecular formula is C10H7NaO3. The fraction of sp³-hybridized carbons (Fsp3) is 0.100. The topological polar surface area (TPSA) is 53.3 Å². The van der Waals surface area contributed by atoms with Crippen molar-refractivity contribution in [2.24, 2.45) is 0 Å². The predicted molar refractivity (Wildman–Crippen MR) is 46.7 cm³/mol. The quantitative estimate of drug-likeness (QED) is 0.370. The average Bonchev–Trinajstić information content (AvgIpc) is 2.02. The molecule has 2 rings (SSSR count). The van der Waals surface area contributed by atoms with Gasteiger partial charge in [-0.25, -0.2) is 4.79 Å². The Morgan fingerprint density at radius 2 is 2.00 bits per heavy atom. The van der Waals surface area contributed by atoms with E-state index in [-0.39, 0.29) is 35.3 Å². The van der Waals surface area contributed by atoms with Gasteiger partial charge in [0.05, 0.1) is 0 Å². The summed E-state index contributed by atoms with van der Waals surface area (Å²) in [5.74, 6) is -0.152. The normalized spacial score (nSPS) is 9.79. The molecule has 2 aromatic rings. The van der Waals surface area contributed by atoms with Gasteiger partial charge >= 0.3 is 35.2 Å². The summed E-state index contributed by atoms with van der Waals surface area (Å²) in [6.07, 6.45) is 0. The van der Waals surface area contributed by atoms with Gasteiger partial charge in [0.2, 0.25) is 0 Å². The molecule has 0 unspecified atom stereocenters. The van der Waals surface area contributed by atoms with Gasteiger partial charge in [0.15, 0.2) is 0 Å². The van der Waals surface area contributed by atoms with Crippen LogP contribution in [0.3, 0.4) is 0 Å². The molecular weight excluding hydrogens is 191 g/mol. The molecule has 0 amide bonds. The average molecular weight is 198 g/mol. The van der Waals surface area contributed by atoms with E-state index in [0.717, 1.165) is 10.9 Å². The SMILES string of the molecule is Cc1cc(=O)oc2cc([O-])ccc12.[Na+]. The van der Waals surface area contributed by atoms with Crippen LogP contribution in [0, 0.1) is 6.92 Å². The second kappa shape index (κ2) is 4.17. The van der Waals surface area contributed by atoms with Crippen LogP contribution >= 0.6 is 0 Å². The Hall–Kier alpha value is -0.770. The number of hydrogen-bond acceptors (Lipinski definition) is 3. The molecule has 4 heteroatoms. The van der Waals surface area contributed by atoms with E-state index in [4.69, 9.17) is 4.42 Å². The predicted octanol–water partition coefficient (Wildman–Crippen LogP) is -1.82. The first kappa shape index (κ1) is 11.3. The monoisotopic (exact) mass is 198 g/mol. The van der Waals surface area contributed by atoms with Crippen molar-refractivity contribution in [2.75, 3.05) is 0 Å². The molecule has 3 nitrogen and oxygen atoms in total. The molecule has 0 aliphatic rings. The summed E-state index contributed by atoms with van der Waals surface area (Å²) in [4.78, 5) is 10.9. The van der Waals surface area contributed by atoms with E-state index in [0.29, 0.717) is 5.58 Å². The van der Waals surface area contributed by atoms with Gasteiger partial charge in [0.25, 0.3) is 0 Å². The van der Waals surface area contributed by atoms with Crippen molar-refractivity contribution in [1.29, 1.82) is 0 Å². The van der Waals surface area contributed by atoms with E-state index in [1.54, 1.807) is 6.07 Å². The third kappa shape index (κ3) is 2.00. The minimum absolute atomic E-state index is 0. The minimum Gasteiger partial charge on any atom is -0.872 e. The van der Waals surface area contributed by atoms with Crippen LogP contribution in [0.5, 0.6) is 5.75 Å². The van der Waals surface area contributed by atoms with E-state index in [1.165, 1.54) is 18.2 Å². The van der Waals surface area contributed by atoms with Crippen molar-refractivity contribution < 1.29 is 39.1 Å². The Balaban J connectivity index is 0.000000980. The number of aryl methyl sites for hydroxylation is 1. The molecule has 0 bridgehead atoms. The van der Waals surface area contributed by atoms with Gasteiger partial charge in [-0.1, -0.05) is 12.1 Å². The Bertz CT molecular complexity index is 516. The van der Waals surface area contributed by atoms with Crippen LogP contribution in [0.15, 0.2) is 33.5 Å². The molecule has 0 N–H and O–H groups in total. The molecule has 0 spiro atoms.